The monoisotopic (exact) mass is 228 g/mol. The quantitative estimate of drug-likeness (QED) is 0.568. The molecule has 0 aliphatic carbocycles. The summed E-state index contributed by atoms with van der Waals surface area (Å²) >= 11 is 0. The van der Waals surface area contributed by atoms with Crippen LogP contribution >= 0.6 is 0 Å². The van der Waals surface area contributed by atoms with E-state index in [1.165, 1.54) is 0 Å². The number of carbonyl (C=O) groups excluding carboxylic acids is 1. The molecule has 0 radical (unpaired) electrons. The number of hydrogen-bond acceptors (Lipinski definition) is 2. The Morgan fingerprint density at radius 1 is 1.20 bits per heavy atom. The van der Waals surface area contributed by atoms with Crippen LogP contribution in [0.2, 0.25) is 0 Å². The molecule has 0 saturated carbocycles. The van der Waals surface area contributed by atoms with Crippen LogP contribution in [0.25, 0.3) is 0 Å². The Balaban J connectivity index is 0.00000196. The summed E-state index contributed by atoms with van der Waals surface area (Å²) in [4.78, 5) is 10.3. The number of halogens is 3. The van der Waals surface area contributed by atoms with Crippen molar-refractivity contribution in [3.8, 4) is 0 Å². The van der Waals surface area contributed by atoms with E-state index >= 15 is 0 Å². The SMILES string of the molecule is O=C(OCc1ccccc1)C(F)(F)F.[NaH]. The van der Waals surface area contributed by atoms with E-state index in [9.17, 15) is 18.0 Å². The average Bonchev–Trinajstić information content (AvgIpc) is 2.14. The Labute approximate surface area is 107 Å². The standard InChI is InChI=1S/C9H7F3O2.Na.H/c10-9(11,12)8(13)14-6-7-4-2-1-3-5-7;;/h1-5H,6H2;;. The van der Waals surface area contributed by atoms with E-state index in [-0.39, 0.29) is 36.2 Å². The normalized spacial score (nSPS) is 10.3. The molecule has 0 heterocycles. The van der Waals surface area contributed by atoms with Crippen LogP contribution in [0.15, 0.2) is 30.3 Å². The molecule has 0 saturated heterocycles. The van der Waals surface area contributed by atoms with E-state index in [0.717, 1.165) is 0 Å². The molecule has 0 atom stereocenters. The zero-order chi connectivity index (χ0) is 10.6. The number of benzene rings is 1. The van der Waals surface area contributed by atoms with Gasteiger partial charge in [0, 0.05) is 0 Å². The van der Waals surface area contributed by atoms with Gasteiger partial charge in [0.25, 0.3) is 0 Å². The molecule has 0 N–H and O–H groups in total. The Hall–Kier alpha value is -0.520. The zero-order valence-electron chi connectivity index (χ0n) is 7.04. The molecular formula is C9H8F3NaO2. The summed E-state index contributed by atoms with van der Waals surface area (Å²) in [6.07, 6.45) is -4.92. The molecule has 0 amide bonds. The Morgan fingerprint density at radius 2 is 1.73 bits per heavy atom. The van der Waals surface area contributed by atoms with Gasteiger partial charge in [0.05, 0.1) is 0 Å². The molecule has 0 aromatic heterocycles. The predicted molar refractivity (Wildman–Crippen MR) is 49.4 cm³/mol. The van der Waals surface area contributed by atoms with Gasteiger partial charge in [0.2, 0.25) is 0 Å². The van der Waals surface area contributed by atoms with Crippen LogP contribution in [0.1, 0.15) is 5.56 Å². The molecule has 1 aromatic rings. The minimum atomic E-state index is -4.92. The molecule has 0 aliphatic rings. The average molecular weight is 228 g/mol. The second kappa shape index (κ2) is 6.15. The number of alkyl halides is 3. The van der Waals surface area contributed by atoms with Crippen LogP contribution in [0.3, 0.4) is 0 Å². The number of esters is 1. The Morgan fingerprint density at radius 3 is 2.20 bits per heavy atom. The molecule has 0 bridgehead atoms. The van der Waals surface area contributed by atoms with Crippen molar-refractivity contribution in [1.29, 1.82) is 0 Å². The fraction of sp³-hybridized carbons (Fsp3) is 0.222. The van der Waals surface area contributed by atoms with Crippen molar-refractivity contribution >= 4 is 35.5 Å². The van der Waals surface area contributed by atoms with Gasteiger partial charge in [-0.2, -0.15) is 13.2 Å². The third-order valence-corrected chi connectivity index (χ3v) is 1.44. The van der Waals surface area contributed by atoms with E-state index in [4.69, 9.17) is 0 Å². The van der Waals surface area contributed by atoms with Crippen molar-refractivity contribution in [1.82, 2.24) is 0 Å². The van der Waals surface area contributed by atoms with Crippen LogP contribution in [0.4, 0.5) is 13.2 Å². The van der Waals surface area contributed by atoms with Gasteiger partial charge in [-0.05, 0) is 5.56 Å². The molecule has 0 spiro atoms. The number of ether oxygens (including phenoxy) is 1. The predicted octanol–water partition coefficient (Wildman–Crippen LogP) is 1.64. The van der Waals surface area contributed by atoms with Crippen LogP contribution < -0.4 is 0 Å². The van der Waals surface area contributed by atoms with E-state index in [2.05, 4.69) is 4.74 Å². The van der Waals surface area contributed by atoms with E-state index in [1.807, 2.05) is 0 Å². The number of carbonyl (C=O) groups is 1. The van der Waals surface area contributed by atoms with E-state index in [0.29, 0.717) is 5.56 Å². The molecule has 0 fully saturated rings. The van der Waals surface area contributed by atoms with Gasteiger partial charge in [-0.25, -0.2) is 4.79 Å². The maximum absolute atomic E-state index is 11.7. The first-order chi connectivity index (χ1) is 6.50. The Bertz CT molecular complexity index is 311. The van der Waals surface area contributed by atoms with Gasteiger partial charge < -0.3 is 4.74 Å². The second-order valence-corrected chi connectivity index (χ2v) is 2.56. The van der Waals surface area contributed by atoms with Crippen molar-refractivity contribution in [2.24, 2.45) is 0 Å². The number of hydrogen-bond donors (Lipinski definition) is 0. The fourth-order valence-electron chi connectivity index (χ4n) is 0.805. The van der Waals surface area contributed by atoms with Crippen LogP contribution in [0.5, 0.6) is 0 Å². The van der Waals surface area contributed by atoms with Crippen molar-refractivity contribution in [2.75, 3.05) is 0 Å². The molecule has 0 unspecified atom stereocenters. The van der Waals surface area contributed by atoms with Gasteiger partial charge in [-0.3, -0.25) is 0 Å². The van der Waals surface area contributed by atoms with Gasteiger partial charge in [0.1, 0.15) is 6.61 Å². The van der Waals surface area contributed by atoms with Gasteiger partial charge >= 0.3 is 41.7 Å². The first-order valence-corrected chi connectivity index (χ1v) is 3.78. The third-order valence-electron chi connectivity index (χ3n) is 1.44. The molecule has 78 valence electrons. The second-order valence-electron chi connectivity index (χ2n) is 2.56. The topological polar surface area (TPSA) is 26.3 Å². The van der Waals surface area contributed by atoms with E-state index in [1.54, 1.807) is 30.3 Å². The zero-order valence-corrected chi connectivity index (χ0v) is 7.04. The summed E-state index contributed by atoms with van der Waals surface area (Å²) in [7, 11) is 0. The fourth-order valence-corrected chi connectivity index (χ4v) is 0.805. The van der Waals surface area contributed by atoms with Crippen LogP contribution in [-0.4, -0.2) is 41.7 Å². The molecule has 1 rings (SSSR count). The molecule has 1 aromatic carbocycles. The molecule has 2 nitrogen and oxygen atoms in total. The summed E-state index contributed by atoms with van der Waals surface area (Å²) < 4.78 is 39.1. The van der Waals surface area contributed by atoms with Gasteiger partial charge in [-0.15, -0.1) is 0 Å². The van der Waals surface area contributed by atoms with Gasteiger partial charge in [-0.1, -0.05) is 30.3 Å². The van der Waals surface area contributed by atoms with Gasteiger partial charge in [0.15, 0.2) is 0 Å². The summed E-state index contributed by atoms with van der Waals surface area (Å²) in [5, 5.41) is 0. The summed E-state index contributed by atoms with van der Waals surface area (Å²) in [6.45, 7) is -0.362. The van der Waals surface area contributed by atoms with Crippen molar-refractivity contribution in [3.05, 3.63) is 35.9 Å². The maximum atomic E-state index is 11.7. The first kappa shape index (κ1) is 14.5. The van der Waals surface area contributed by atoms with Crippen LogP contribution in [0, 0.1) is 0 Å². The summed E-state index contributed by atoms with van der Waals surface area (Å²) in [5.41, 5.74) is 0.519. The van der Waals surface area contributed by atoms with Crippen LogP contribution in [-0.2, 0) is 16.1 Å². The first-order valence-electron chi connectivity index (χ1n) is 3.78. The molecule has 15 heavy (non-hydrogen) atoms. The molecular weight excluding hydrogens is 220 g/mol. The minimum absolute atomic E-state index is 0. The van der Waals surface area contributed by atoms with Crippen molar-refractivity contribution in [2.45, 2.75) is 12.8 Å². The Kier molecular flexibility index (Phi) is 5.93. The summed E-state index contributed by atoms with van der Waals surface area (Å²) in [6, 6.07) is 8.16. The molecule has 6 heteroatoms. The number of rotatable bonds is 2. The molecule has 0 aliphatic heterocycles. The summed E-state index contributed by atoms with van der Waals surface area (Å²) in [5.74, 6) is -2.17. The third kappa shape index (κ3) is 5.20. The van der Waals surface area contributed by atoms with E-state index < -0.39 is 12.1 Å². The van der Waals surface area contributed by atoms with Crippen molar-refractivity contribution in [3.63, 3.8) is 0 Å². The van der Waals surface area contributed by atoms with Crippen molar-refractivity contribution < 1.29 is 22.7 Å².